The molecule has 0 radical (unpaired) electrons. The summed E-state index contributed by atoms with van der Waals surface area (Å²) in [4.78, 5) is 4.74. The number of nitrogen functional groups attached to an aromatic ring is 1. The topological polar surface area (TPSA) is 32.5 Å². The minimum Gasteiger partial charge on any atom is -0.398 e. The van der Waals surface area contributed by atoms with Crippen LogP contribution in [0, 0.1) is 0 Å². The van der Waals surface area contributed by atoms with Crippen molar-refractivity contribution in [2.24, 2.45) is 0 Å². The number of para-hydroxylation sites is 1. The Bertz CT molecular complexity index is 2280. The molecular formula is C54H57N3. The minimum absolute atomic E-state index is 0.443. The number of nitrogens with two attached hydrogens (primary N) is 1. The van der Waals surface area contributed by atoms with Crippen LogP contribution < -0.4 is 15.5 Å². The molecular weight excluding hydrogens is 691 g/mol. The Balaban J connectivity index is 1.36. The number of hydrogen-bond acceptors (Lipinski definition) is 3. The molecule has 0 bridgehead atoms. The number of hydrogen-bond donors (Lipinski definition) is 1. The molecule has 0 aliphatic rings. The van der Waals surface area contributed by atoms with Gasteiger partial charge in [-0.15, -0.1) is 0 Å². The van der Waals surface area contributed by atoms with Crippen LogP contribution in [0.2, 0.25) is 0 Å². The summed E-state index contributed by atoms with van der Waals surface area (Å²) in [5.41, 5.74) is 23.8. The third kappa shape index (κ3) is 8.54. The quantitative estimate of drug-likeness (QED) is 0.126. The largest absolute Gasteiger partial charge is 0.398 e. The predicted octanol–water partition coefficient (Wildman–Crippen LogP) is 16.0. The summed E-state index contributed by atoms with van der Waals surface area (Å²) in [5, 5.41) is 0. The molecule has 3 nitrogen and oxygen atoms in total. The van der Waals surface area contributed by atoms with E-state index in [9.17, 15) is 0 Å². The summed E-state index contributed by atoms with van der Waals surface area (Å²) < 4.78 is 0. The summed E-state index contributed by atoms with van der Waals surface area (Å²) in [6.07, 6.45) is 0. The van der Waals surface area contributed by atoms with Crippen molar-refractivity contribution >= 4 is 39.8 Å². The molecule has 0 saturated heterocycles. The first-order valence-corrected chi connectivity index (χ1v) is 20.6. The number of benzene rings is 7. The lowest BCUT2D eigenvalue weighted by atomic mass is 9.95. The summed E-state index contributed by atoms with van der Waals surface area (Å²) in [7, 11) is 0. The second-order valence-electron chi connectivity index (χ2n) is 16.5. The fourth-order valence-corrected chi connectivity index (χ4v) is 7.58. The molecule has 7 aromatic rings. The maximum atomic E-state index is 6.72. The fraction of sp³-hybridized carbons (Fsp3) is 0.222. The van der Waals surface area contributed by atoms with Gasteiger partial charge in [-0.05, 0) is 130 Å². The smallest absolute Gasteiger partial charge is 0.0546 e. The third-order valence-electron chi connectivity index (χ3n) is 11.2. The second-order valence-corrected chi connectivity index (χ2v) is 16.5. The minimum atomic E-state index is 0.443. The van der Waals surface area contributed by atoms with Crippen LogP contribution in [0.15, 0.2) is 164 Å². The Morgan fingerprint density at radius 1 is 0.333 bits per heavy atom. The zero-order valence-electron chi connectivity index (χ0n) is 34.9. The van der Waals surface area contributed by atoms with E-state index < -0.39 is 0 Å². The first-order chi connectivity index (χ1) is 27.5. The molecule has 0 aliphatic heterocycles. The van der Waals surface area contributed by atoms with Gasteiger partial charge in [0.15, 0.2) is 0 Å². The van der Waals surface area contributed by atoms with E-state index >= 15 is 0 Å². The molecule has 0 saturated carbocycles. The first kappa shape index (κ1) is 39.2. The van der Waals surface area contributed by atoms with Gasteiger partial charge in [0.05, 0.1) is 5.69 Å². The lowest BCUT2D eigenvalue weighted by Crippen LogP contribution is -2.12. The molecule has 2 N–H and O–H groups in total. The van der Waals surface area contributed by atoms with Gasteiger partial charge in [-0.2, -0.15) is 0 Å². The lowest BCUT2D eigenvalue weighted by Gasteiger charge is -2.29. The van der Waals surface area contributed by atoms with Crippen LogP contribution in [0.3, 0.4) is 0 Å². The van der Waals surface area contributed by atoms with E-state index in [-0.39, 0.29) is 0 Å². The van der Waals surface area contributed by atoms with Crippen LogP contribution in [0.25, 0.3) is 22.3 Å². The SMILES string of the molecule is CC(C)c1ccc(N(c2ccc(-c3ccc(-c4ccccc4N)c(N(c4ccc(C(C)C)cc4)c4ccc(C(C)C)cc4)c3)cc2)c2ccc(C(C)C)cc2)cc1. The van der Waals surface area contributed by atoms with Crippen molar-refractivity contribution in [2.75, 3.05) is 15.5 Å². The van der Waals surface area contributed by atoms with Gasteiger partial charge in [0.1, 0.15) is 0 Å². The molecule has 0 aromatic heterocycles. The molecule has 288 valence electrons. The summed E-state index contributed by atoms with van der Waals surface area (Å²) >= 11 is 0. The Labute approximate surface area is 341 Å². The monoisotopic (exact) mass is 747 g/mol. The number of rotatable bonds is 12. The van der Waals surface area contributed by atoms with Crippen molar-refractivity contribution in [2.45, 2.75) is 79.1 Å². The zero-order valence-corrected chi connectivity index (χ0v) is 34.9. The van der Waals surface area contributed by atoms with Crippen molar-refractivity contribution < 1.29 is 0 Å². The van der Waals surface area contributed by atoms with Gasteiger partial charge >= 0.3 is 0 Å². The van der Waals surface area contributed by atoms with Crippen molar-refractivity contribution in [1.29, 1.82) is 0 Å². The third-order valence-corrected chi connectivity index (χ3v) is 11.2. The van der Waals surface area contributed by atoms with E-state index in [0.717, 1.165) is 62.1 Å². The molecule has 0 heterocycles. The highest BCUT2D eigenvalue weighted by Gasteiger charge is 2.21. The standard InChI is InChI=1S/C54H57N3/c1-36(2)40-13-24-46(25-14-40)56(47-26-15-41(16-27-47)37(3)4)48-32-21-44(22-33-48)45-23-34-52(51-11-9-10-12-53(51)55)54(35-45)57(49-28-17-42(18-29-49)38(5)6)50-30-19-43(20-31-50)39(7)8/h9-39H,55H2,1-8H3. The average Bonchev–Trinajstić information content (AvgIpc) is 3.22. The van der Waals surface area contributed by atoms with E-state index in [1.807, 2.05) is 12.1 Å². The molecule has 0 aliphatic carbocycles. The molecule has 0 unspecified atom stereocenters. The van der Waals surface area contributed by atoms with Gasteiger partial charge in [-0.3, -0.25) is 0 Å². The number of nitrogens with zero attached hydrogens (tertiary/aromatic N) is 2. The molecule has 0 spiro atoms. The first-order valence-electron chi connectivity index (χ1n) is 20.6. The Morgan fingerprint density at radius 3 is 1.04 bits per heavy atom. The normalized spacial score (nSPS) is 11.5. The van der Waals surface area contributed by atoms with Crippen molar-refractivity contribution in [3.8, 4) is 22.3 Å². The summed E-state index contributed by atoms with van der Waals surface area (Å²) in [5.74, 6) is 1.83. The highest BCUT2D eigenvalue weighted by Crippen LogP contribution is 2.45. The predicted molar refractivity (Wildman–Crippen MR) is 247 cm³/mol. The van der Waals surface area contributed by atoms with Crippen LogP contribution in [0.4, 0.5) is 39.8 Å². The van der Waals surface area contributed by atoms with E-state index in [0.29, 0.717) is 23.7 Å². The van der Waals surface area contributed by atoms with E-state index in [2.05, 4.69) is 217 Å². The van der Waals surface area contributed by atoms with E-state index in [1.165, 1.54) is 22.3 Å². The molecule has 0 atom stereocenters. The second kappa shape index (κ2) is 17.0. The van der Waals surface area contributed by atoms with Gasteiger partial charge < -0.3 is 15.5 Å². The van der Waals surface area contributed by atoms with Gasteiger partial charge in [0, 0.05) is 45.3 Å². The van der Waals surface area contributed by atoms with Crippen molar-refractivity contribution in [3.05, 3.63) is 186 Å². The lowest BCUT2D eigenvalue weighted by molar-refractivity contribution is 0.866. The van der Waals surface area contributed by atoms with Crippen LogP contribution in [-0.4, -0.2) is 0 Å². The Hall–Kier alpha value is -6.06. The molecule has 0 amide bonds. The van der Waals surface area contributed by atoms with Crippen LogP contribution in [-0.2, 0) is 0 Å². The molecule has 0 fully saturated rings. The van der Waals surface area contributed by atoms with Gasteiger partial charge in [-0.25, -0.2) is 0 Å². The molecule has 3 heteroatoms. The summed E-state index contributed by atoms with van der Waals surface area (Å²) in [6, 6.07) is 60.0. The molecule has 57 heavy (non-hydrogen) atoms. The van der Waals surface area contributed by atoms with Gasteiger partial charge in [0.2, 0.25) is 0 Å². The van der Waals surface area contributed by atoms with Crippen LogP contribution >= 0.6 is 0 Å². The Morgan fingerprint density at radius 2 is 0.667 bits per heavy atom. The fourth-order valence-electron chi connectivity index (χ4n) is 7.58. The Kier molecular flexibility index (Phi) is 11.7. The van der Waals surface area contributed by atoms with E-state index in [4.69, 9.17) is 5.73 Å². The van der Waals surface area contributed by atoms with Crippen LogP contribution in [0.1, 0.15) is 101 Å². The van der Waals surface area contributed by atoms with Gasteiger partial charge in [0.25, 0.3) is 0 Å². The van der Waals surface area contributed by atoms with Crippen molar-refractivity contribution in [3.63, 3.8) is 0 Å². The van der Waals surface area contributed by atoms with Gasteiger partial charge in [-0.1, -0.05) is 146 Å². The molecule has 7 rings (SSSR count). The summed E-state index contributed by atoms with van der Waals surface area (Å²) in [6.45, 7) is 17.9. The average molecular weight is 748 g/mol. The highest BCUT2D eigenvalue weighted by atomic mass is 15.1. The van der Waals surface area contributed by atoms with Crippen molar-refractivity contribution in [1.82, 2.24) is 0 Å². The zero-order chi connectivity index (χ0) is 40.2. The maximum Gasteiger partial charge on any atom is 0.0546 e. The molecule has 7 aromatic carbocycles. The van der Waals surface area contributed by atoms with Crippen LogP contribution in [0.5, 0.6) is 0 Å². The highest BCUT2D eigenvalue weighted by molar-refractivity contribution is 5.94. The maximum absolute atomic E-state index is 6.72. The number of anilines is 7. The van der Waals surface area contributed by atoms with E-state index in [1.54, 1.807) is 0 Å².